The van der Waals surface area contributed by atoms with Crippen molar-refractivity contribution in [1.29, 1.82) is 0 Å². The molecule has 26 heavy (non-hydrogen) atoms. The molecule has 0 radical (unpaired) electrons. The second-order valence-electron chi connectivity index (χ2n) is 7.31. The van der Waals surface area contributed by atoms with Crippen molar-refractivity contribution >= 4 is 28.5 Å². The molecule has 2 aliphatic rings. The Labute approximate surface area is 150 Å². The molecular formula is C19H22N4O3. The minimum absolute atomic E-state index is 0.138. The standard InChI is InChI=1S/C19H22N4O3/c1-22-15-6-5-14(9-16(15)23(2)19(22)26)21-18(25)17(24)20-10-13-8-11-3-4-12(13)7-11/h3-6,9,11-13H,7-8,10H2,1-2H3,(H,20,24)(H,21,25)/t11-,12-,13+/m0/s1. The molecule has 4 rings (SSSR count). The Balaban J connectivity index is 1.40. The number of carbonyl (C=O) groups is 2. The van der Waals surface area contributed by atoms with Gasteiger partial charge in [0, 0.05) is 26.3 Å². The van der Waals surface area contributed by atoms with Gasteiger partial charge in [0.05, 0.1) is 11.0 Å². The summed E-state index contributed by atoms with van der Waals surface area (Å²) in [6, 6.07) is 5.14. The van der Waals surface area contributed by atoms with E-state index >= 15 is 0 Å². The number of anilines is 1. The van der Waals surface area contributed by atoms with Gasteiger partial charge in [-0.1, -0.05) is 12.2 Å². The first-order valence-electron chi connectivity index (χ1n) is 8.87. The highest BCUT2D eigenvalue weighted by molar-refractivity contribution is 6.39. The lowest BCUT2D eigenvalue weighted by Crippen LogP contribution is -2.38. The van der Waals surface area contributed by atoms with Gasteiger partial charge in [0.2, 0.25) is 0 Å². The van der Waals surface area contributed by atoms with Gasteiger partial charge in [0.15, 0.2) is 0 Å². The van der Waals surface area contributed by atoms with Crippen molar-refractivity contribution in [2.45, 2.75) is 12.8 Å². The van der Waals surface area contributed by atoms with Gasteiger partial charge >= 0.3 is 17.5 Å². The lowest BCUT2D eigenvalue weighted by molar-refractivity contribution is -0.136. The number of hydrogen-bond donors (Lipinski definition) is 2. The van der Waals surface area contributed by atoms with Gasteiger partial charge in [-0.15, -0.1) is 0 Å². The van der Waals surface area contributed by atoms with Crippen LogP contribution in [0.15, 0.2) is 35.1 Å². The molecule has 0 aliphatic heterocycles. The monoisotopic (exact) mass is 354 g/mol. The van der Waals surface area contributed by atoms with E-state index in [1.165, 1.54) is 15.6 Å². The molecule has 2 amide bonds. The van der Waals surface area contributed by atoms with E-state index in [1.54, 1.807) is 32.3 Å². The molecule has 2 aliphatic carbocycles. The number of aryl methyl sites for hydroxylation is 2. The molecule has 7 heteroatoms. The number of rotatable bonds is 3. The molecule has 1 heterocycles. The molecular weight excluding hydrogens is 332 g/mol. The van der Waals surface area contributed by atoms with Crippen LogP contribution in [-0.4, -0.2) is 27.5 Å². The van der Waals surface area contributed by atoms with Crippen molar-refractivity contribution in [3.05, 3.63) is 40.8 Å². The minimum atomic E-state index is -0.691. The van der Waals surface area contributed by atoms with Crippen molar-refractivity contribution in [1.82, 2.24) is 14.5 Å². The Morgan fingerprint density at radius 1 is 1.08 bits per heavy atom. The molecule has 0 spiro atoms. The third-order valence-corrected chi connectivity index (χ3v) is 5.68. The van der Waals surface area contributed by atoms with Crippen LogP contribution in [-0.2, 0) is 23.7 Å². The highest BCUT2D eigenvalue weighted by atomic mass is 16.2. The van der Waals surface area contributed by atoms with E-state index < -0.39 is 11.8 Å². The maximum absolute atomic E-state index is 12.2. The molecule has 7 nitrogen and oxygen atoms in total. The molecule has 1 fully saturated rings. The second-order valence-corrected chi connectivity index (χ2v) is 7.31. The summed E-state index contributed by atoms with van der Waals surface area (Å²) < 4.78 is 3.05. The highest BCUT2D eigenvalue weighted by Gasteiger charge is 2.35. The Kier molecular flexibility index (Phi) is 3.94. The number of carbonyl (C=O) groups excluding carboxylic acids is 2. The molecule has 1 saturated carbocycles. The van der Waals surface area contributed by atoms with E-state index in [0.29, 0.717) is 35.5 Å². The summed E-state index contributed by atoms with van der Waals surface area (Å²) in [5, 5.41) is 5.36. The van der Waals surface area contributed by atoms with Crippen molar-refractivity contribution in [2.24, 2.45) is 31.8 Å². The fraction of sp³-hybridized carbons (Fsp3) is 0.421. The van der Waals surface area contributed by atoms with Crippen LogP contribution >= 0.6 is 0 Å². The predicted octanol–water partition coefficient (Wildman–Crippen LogP) is 1.14. The zero-order chi connectivity index (χ0) is 18.4. The summed E-state index contributed by atoms with van der Waals surface area (Å²) in [6.07, 6.45) is 6.73. The first-order valence-corrected chi connectivity index (χ1v) is 8.87. The SMILES string of the molecule is Cn1c(=O)n(C)c2cc(NC(=O)C(=O)NC[C@H]3C[C@H]4C=C[C@H]3C4)ccc21. The maximum atomic E-state index is 12.2. The van der Waals surface area contributed by atoms with Gasteiger partial charge < -0.3 is 10.6 Å². The van der Waals surface area contributed by atoms with Gasteiger partial charge in [0.1, 0.15) is 0 Å². The molecule has 2 N–H and O–H groups in total. The van der Waals surface area contributed by atoms with Crippen LogP contribution < -0.4 is 16.3 Å². The summed E-state index contributed by atoms with van der Waals surface area (Å²) in [5.74, 6) is 0.282. The van der Waals surface area contributed by atoms with E-state index in [-0.39, 0.29) is 5.69 Å². The number of imidazole rings is 1. The average Bonchev–Trinajstić information content (AvgIpc) is 3.31. The first kappa shape index (κ1) is 16.6. The van der Waals surface area contributed by atoms with Gasteiger partial charge in [-0.3, -0.25) is 18.7 Å². The molecule has 1 aromatic heterocycles. The number of hydrogen-bond acceptors (Lipinski definition) is 3. The lowest BCUT2D eigenvalue weighted by Gasteiger charge is -2.18. The fourth-order valence-electron chi connectivity index (χ4n) is 4.21. The summed E-state index contributed by atoms with van der Waals surface area (Å²) in [7, 11) is 3.37. The van der Waals surface area contributed by atoms with Crippen LogP contribution in [0.25, 0.3) is 11.0 Å². The topological polar surface area (TPSA) is 85.1 Å². The number of benzene rings is 1. The zero-order valence-electron chi connectivity index (χ0n) is 14.9. The molecule has 2 bridgehead atoms. The first-order chi connectivity index (χ1) is 12.4. The minimum Gasteiger partial charge on any atom is -0.348 e. The van der Waals surface area contributed by atoms with Crippen LogP contribution in [0.5, 0.6) is 0 Å². The van der Waals surface area contributed by atoms with E-state index in [0.717, 1.165) is 11.9 Å². The highest BCUT2D eigenvalue weighted by Crippen LogP contribution is 2.42. The van der Waals surface area contributed by atoms with Crippen molar-refractivity contribution in [3.8, 4) is 0 Å². The lowest BCUT2D eigenvalue weighted by atomic mass is 9.94. The van der Waals surface area contributed by atoms with Crippen molar-refractivity contribution in [2.75, 3.05) is 11.9 Å². The third-order valence-electron chi connectivity index (χ3n) is 5.68. The van der Waals surface area contributed by atoms with Crippen LogP contribution in [0.2, 0.25) is 0 Å². The number of allylic oxidation sites excluding steroid dienone is 2. The number of nitrogens with one attached hydrogen (secondary N) is 2. The van der Waals surface area contributed by atoms with Gasteiger partial charge in [-0.2, -0.15) is 0 Å². The fourth-order valence-corrected chi connectivity index (χ4v) is 4.21. The third kappa shape index (κ3) is 2.73. The van der Waals surface area contributed by atoms with Gasteiger partial charge in [0.25, 0.3) is 0 Å². The van der Waals surface area contributed by atoms with Crippen LogP contribution in [0.3, 0.4) is 0 Å². The summed E-state index contributed by atoms with van der Waals surface area (Å²) in [6.45, 7) is 0.532. The van der Waals surface area contributed by atoms with E-state index in [1.807, 2.05) is 0 Å². The van der Waals surface area contributed by atoms with Crippen LogP contribution in [0.4, 0.5) is 5.69 Å². The van der Waals surface area contributed by atoms with Crippen molar-refractivity contribution < 1.29 is 9.59 Å². The largest absolute Gasteiger partial charge is 0.348 e. The Morgan fingerprint density at radius 3 is 2.54 bits per heavy atom. The number of fused-ring (bicyclic) bond motifs is 3. The number of amides is 2. The molecule has 0 unspecified atom stereocenters. The smallest absolute Gasteiger partial charge is 0.328 e. The molecule has 3 atom stereocenters. The van der Waals surface area contributed by atoms with Gasteiger partial charge in [-0.25, -0.2) is 4.79 Å². The summed E-state index contributed by atoms with van der Waals surface area (Å²) in [4.78, 5) is 36.2. The quantitative estimate of drug-likeness (QED) is 0.640. The van der Waals surface area contributed by atoms with Crippen LogP contribution in [0, 0.1) is 17.8 Å². The van der Waals surface area contributed by atoms with Crippen LogP contribution in [0.1, 0.15) is 12.8 Å². The molecule has 2 aromatic rings. The average molecular weight is 354 g/mol. The maximum Gasteiger partial charge on any atom is 0.328 e. The normalized spacial score (nSPS) is 23.5. The van der Waals surface area contributed by atoms with E-state index in [9.17, 15) is 14.4 Å². The van der Waals surface area contributed by atoms with Gasteiger partial charge in [-0.05, 0) is 48.8 Å². The zero-order valence-corrected chi connectivity index (χ0v) is 14.9. The second kappa shape index (κ2) is 6.16. The summed E-state index contributed by atoms with van der Waals surface area (Å²) in [5.41, 5.74) is 1.82. The molecule has 0 saturated heterocycles. The number of aromatic nitrogens is 2. The van der Waals surface area contributed by atoms with E-state index in [4.69, 9.17) is 0 Å². The van der Waals surface area contributed by atoms with E-state index in [2.05, 4.69) is 22.8 Å². The predicted molar refractivity (Wildman–Crippen MR) is 98.6 cm³/mol. The Bertz CT molecular complexity index is 985. The Hall–Kier alpha value is -2.83. The molecule has 136 valence electrons. The Morgan fingerprint density at radius 2 is 1.85 bits per heavy atom. The number of nitrogens with zero attached hydrogens (tertiary/aromatic N) is 2. The van der Waals surface area contributed by atoms with Crippen molar-refractivity contribution in [3.63, 3.8) is 0 Å². The summed E-state index contributed by atoms with van der Waals surface area (Å²) >= 11 is 0. The molecule has 1 aromatic carbocycles.